The van der Waals surface area contributed by atoms with Crippen LogP contribution in [0.3, 0.4) is 0 Å². The number of halogens is 1. The van der Waals surface area contributed by atoms with Crippen molar-refractivity contribution < 1.29 is 23.8 Å². The molecule has 1 heterocycles. The van der Waals surface area contributed by atoms with E-state index in [-0.39, 0.29) is 24.7 Å². The maximum atomic E-state index is 14.0. The average molecular weight is 453 g/mol. The lowest BCUT2D eigenvalue weighted by Crippen LogP contribution is -2.52. The highest BCUT2D eigenvalue weighted by molar-refractivity contribution is 6.08. The molecule has 0 radical (unpaired) electrons. The summed E-state index contributed by atoms with van der Waals surface area (Å²) in [4.78, 5) is 14.7. The van der Waals surface area contributed by atoms with E-state index in [1.807, 2.05) is 32.9 Å². The molecule has 33 heavy (non-hydrogen) atoms. The van der Waals surface area contributed by atoms with Gasteiger partial charge in [-0.25, -0.2) is 4.39 Å². The molecule has 2 aromatic carbocycles. The minimum atomic E-state index is -1.09. The molecule has 0 bridgehead atoms. The number of anilines is 2. The summed E-state index contributed by atoms with van der Waals surface area (Å²) in [6, 6.07) is 8.77. The summed E-state index contributed by atoms with van der Waals surface area (Å²) in [5.74, 6) is 1.09. The van der Waals surface area contributed by atoms with Crippen LogP contribution in [0.25, 0.3) is 11.1 Å². The lowest BCUT2D eigenvalue weighted by Gasteiger charge is -2.39. The molecule has 0 spiro atoms. The number of fused-ring (bicyclic) bond motifs is 1. The molecule has 0 saturated heterocycles. The van der Waals surface area contributed by atoms with Crippen LogP contribution in [-0.4, -0.2) is 36.9 Å². The van der Waals surface area contributed by atoms with Crippen molar-refractivity contribution in [3.8, 4) is 22.6 Å². The van der Waals surface area contributed by atoms with Crippen LogP contribution in [0.5, 0.6) is 11.5 Å². The van der Waals surface area contributed by atoms with Crippen LogP contribution in [-0.2, 0) is 16.1 Å². The Morgan fingerprint density at radius 2 is 1.97 bits per heavy atom. The van der Waals surface area contributed by atoms with Crippen molar-refractivity contribution >= 4 is 17.3 Å². The predicted molar refractivity (Wildman–Crippen MR) is 127 cm³/mol. The number of alkyl halides is 1. The lowest BCUT2D eigenvalue weighted by atomic mass is 9.91. The highest BCUT2D eigenvalue weighted by atomic mass is 19.1. The maximum absolute atomic E-state index is 14.0. The third kappa shape index (κ3) is 4.15. The van der Waals surface area contributed by atoms with Gasteiger partial charge >= 0.3 is 0 Å². The molecule has 2 N–H and O–H groups in total. The van der Waals surface area contributed by atoms with Gasteiger partial charge < -0.3 is 24.8 Å². The Morgan fingerprint density at radius 1 is 1.24 bits per heavy atom. The molecular weight excluding hydrogens is 423 g/mol. The summed E-state index contributed by atoms with van der Waals surface area (Å²) in [7, 11) is 3.28. The topological polar surface area (TPSA) is 71.0 Å². The van der Waals surface area contributed by atoms with Crippen LogP contribution in [0.2, 0.25) is 0 Å². The van der Waals surface area contributed by atoms with Crippen molar-refractivity contribution in [1.82, 2.24) is 0 Å². The van der Waals surface area contributed by atoms with Gasteiger partial charge in [0.25, 0.3) is 5.91 Å². The van der Waals surface area contributed by atoms with Gasteiger partial charge in [0.2, 0.25) is 0 Å². The van der Waals surface area contributed by atoms with E-state index in [1.54, 1.807) is 36.2 Å². The fraction of sp³-hybridized carbons (Fsp3) is 0.346. The summed E-state index contributed by atoms with van der Waals surface area (Å²) in [6.45, 7) is 5.70. The minimum Gasteiger partial charge on any atom is -0.508 e. The summed E-state index contributed by atoms with van der Waals surface area (Å²) in [5, 5.41) is 13.2. The number of rotatable bonds is 5. The van der Waals surface area contributed by atoms with Gasteiger partial charge in [0, 0.05) is 30.7 Å². The van der Waals surface area contributed by atoms with E-state index in [0.29, 0.717) is 17.2 Å². The Bertz CT molecular complexity index is 1170. The number of amides is 1. The summed E-state index contributed by atoms with van der Waals surface area (Å²) in [6.07, 6.45) is 2.34. The number of likely N-dealkylation sites (N-methyl/N-ethyl adjacent to an activating group) is 1. The van der Waals surface area contributed by atoms with Gasteiger partial charge in [-0.2, -0.15) is 0 Å². The Morgan fingerprint density at radius 3 is 2.70 bits per heavy atom. The van der Waals surface area contributed by atoms with Crippen molar-refractivity contribution in [2.75, 3.05) is 24.4 Å². The van der Waals surface area contributed by atoms with Gasteiger partial charge in [-0.05, 0) is 56.2 Å². The van der Waals surface area contributed by atoms with Crippen LogP contribution in [0.4, 0.5) is 15.8 Å². The molecule has 6 nitrogen and oxygen atoms in total. The SMILES string of the molecule is COc1cc(O)ccc1-c1ccc2c(c1COC1=C(C)C=CC(F)C1)N(C)C(=O)C(C)(C)N2. The number of ether oxygens (including phenoxy) is 2. The zero-order chi connectivity index (χ0) is 23.9. The van der Waals surface area contributed by atoms with Crippen molar-refractivity contribution in [2.45, 2.75) is 45.5 Å². The Kier molecular flexibility index (Phi) is 5.82. The van der Waals surface area contributed by atoms with Gasteiger partial charge in [0.05, 0.1) is 18.5 Å². The average Bonchev–Trinajstić information content (AvgIpc) is 2.77. The molecule has 1 atom stereocenters. The van der Waals surface area contributed by atoms with Crippen molar-refractivity contribution in [3.63, 3.8) is 0 Å². The number of nitrogens with zero attached hydrogens (tertiary/aromatic N) is 1. The summed E-state index contributed by atoms with van der Waals surface area (Å²) < 4.78 is 25.6. The van der Waals surface area contributed by atoms with Crippen LogP contribution in [0.1, 0.15) is 32.8 Å². The van der Waals surface area contributed by atoms with E-state index >= 15 is 0 Å². The number of aromatic hydroxyl groups is 1. The Hall–Kier alpha value is -3.48. The zero-order valence-corrected chi connectivity index (χ0v) is 19.5. The van der Waals surface area contributed by atoms with Gasteiger partial charge in [-0.15, -0.1) is 0 Å². The second-order valence-corrected chi connectivity index (χ2v) is 8.96. The Labute approximate surface area is 193 Å². The van der Waals surface area contributed by atoms with Crippen LogP contribution < -0.4 is 15.0 Å². The fourth-order valence-corrected chi connectivity index (χ4v) is 4.41. The Balaban J connectivity index is 1.86. The van der Waals surface area contributed by atoms with E-state index in [9.17, 15) is 14.3 Å². The van der Waals surface area contributed by atoms with Gasteiger partial charge in [0.1, 0.15) is 35.6 Å². The van der Waals surface area contributed by atoms with Gasteiger partial charge in [0.15, 0.2) is 0 Å². The smallest absolute Gasteiger partial charge is 0.251 e. The molecule has 7 heteroatoms. The van der Waals surface area contributed by atoms with E-state index in [4.69, 9.17) is 9.47 Å². The second-order valence-electron chi connectivity index (χ2n) is 8.96. The van der Waals surface area contributed by atoms with Gasteiger partial charge in [-0.3, -0.25) is 4.79 Å². The van der Waals surface area contributed by atoms with E-state index in [0.717, 1.165) is 28.0 Å². The molecule has 1 unspecified atom stereocenters. The van der Waals surface area contributed by atoms with Crippen molar-refractivity contribution in [2.24, 2.45) is 0 Å². The summed E-state index contributed by atoms with van der Waals surface area (Å²) >= 11 is 0. The molecule has 2 aromatic rings. The number of allylic oxidation sites excluding steroid dienone is 4. The minimum absolute atomic E-state index is 0.0779. The first kappa shape index (κ1) is 22.7. The number of carbonyl (C=O) groups excluding carboxylic acids is 1. The van der Waals surface area contributed by atoms with Crippen molar-refractivity contribution in [1.29, 1.82) is 0 Å². The highest BCUT2D eigenvalue weighted by Gasteiger charge is 2.38. The van der Waals surface area contributed by atoms with E-state index in [1.165, 1.54) is 13.2 Å². The molecule has 1 aliphatic heterocycles. The molecule has 0 saturated carbocycles. The molecule has 0 aromatic heterocycles. The maximum Gasteiger partial charge on any atom is 0.251 e. The van der Waals surface area contributed by atoms with Crippen LogP contribution in [0.15, 0.2) is 53.8 Å². The van der Waals surface area contributed by atoms with Gasteiger partial charge in [-0.1, -0.05) is 12.1 Å². The standard InChI is InChI=1S/C26H29FN2O4/c1-15-6-7-16(27)12-22(15)33-14-20-18(19-9-8-17(30)13-23(19)32-5)10-11-21-24(20)29(4)25(31)26(2,3)28-21/h6-11,13,16,28,30H,12,14H2,1-5H3. The predicted octanol–water partition coefficient (Wildman–Crippen LogP) is 5.32. The third-order valence-corrected chi connectivity index (χ3v) is 6.15. The van der Waals surface area contributed by atoms with Crippen molar-refractivity contribution in [3.05, 3.63) is 59.4 Å². The number of carbonyl (C=O) groups is 1. The third-order valence-electron chi connectivity index (χ3n) is 6.15. The molecule has 174 valence electrons. The largest absolute Gasteiger partial charge is 0.508 e. The fourth-order valence-electron chi connectivity index (χ4n) is 4.41. The number of phenols is 1. The number of hydrogen-bond donors (Lipinski definition) is 2. The first-order valence-electron chi connectivity index (χ1n) is 10.9. The second kappa shape index (κ2) is 8.46. The highest BCUT2D eigenvalue weighted by Crippen LogP contribution is 2.45. The first-order valence-corrected chi connectivity index (χ1v) is 10.9. The lowest BCUT2D eigenvalue weighted by molar-refractivity contribution is -0.121. The molecule has 1 amide bonds. The molecule has 2 aliphatic rings. The number of phenolic OH excluding ortho intramolecular Hbond substituents is 1. The number of benzene rings is 2. The van der Waals surface area contributed by atoms with Crippen LogP contribution in [0, 0.1) is 0 Å². The number of nitrogens with one attached hydrogen (secondary N) is 1. The molecule has 0 fully saturated rings. The monoisotopic (exact) mass is 452 g/mol. The number of methoxy groups -OCH3 is 1. The van der Waals surface area contributed by atoms with E-state index in [2.05, 4.69) is 5.32 Å². The molecule has 4 rings (SSSR count). The molecular formula is C26H29FN2O4. The quantitative estimate of drug-likeness (QED) is 0.642. The molecule has 1 aliphatic carbocycles. The summed E-state index contributed by atoms with van der Waals surface area (Å²) in [5.41, 5.74) is 3.94. The number of hydrogen-bond acceptors (Lipinski definition) is 5. The van der Waals surface area contributed by atoms with E-state index < -0.39 is 11.7 Å². The zero-order valence-electron chi connectivity index (χ0n) is 19.5. The van der Waals surface area contributed by atoms with Crippen LogP contribution >= 0.6 is 0 Å². The normalized spacial score (nSPS) is 19.3. The first-order chi connectivity index (χ1) is 15.6.